The predicted octanol–water partition coefficient (Wildman–Crippen LogP) is 12.3. The molecule has 216 valence electrons. The van der Waals surface area contributed by atoms with Crippen LogP contribution >= 0.6 is 23.1 Å². The summed E-state index contributed by atoms with van der Waals surface area (Å²) < 4.78 is 2.62. The predicted molar refractivity (Wildman–Crippen MR) is 194 cm³/mol. The molecule has 0 aliphatic heterocycles. The summed E-state index contributed by atoms with van der Waals surface area (Å²) in [6.45, 7) is 4.46. The van der Waals surface area contributed by atoms with Crippen LogP contribution in [0.1, 0.15) is 19.4 Å². The van der Waals surface area contributed by atoms with Crippen LogP contribution in [0.2, 0.25) is 0 Å². The summed E-state index contributed by atoms with van der Waals surface area (Å²) in [5, 5.41) is 6.60. The molecule has 7 aromatic rings. The maximum Gasteiger partial charge on any atom is 0.0740 e. The number of hydrogen-bond donors (Lipinski definition) is 1. The Morgan fingerprint density at radius 2 is 1.30 bits per heavy atom. The first-order valence-electron chi connectivity index (χ1n) is 15.1. The number of benzene rings is 6. The van der Waals surface area contributed by atoms with Crippen molar-refractivity contribution in [3.63, 3.8) is 0 Å². The molecule has 0 fully saturated rings. The zero-order valence-corrected chi connectivity index (χ0v) is 26.5. The number of anilines is 4. The molecule has 0 aliphatic carbocycles. The van der Waals surface area contributed by atoms with E-state index >= 15 is 0 Å². The number of rotatable bonds is 9. The number of fused-ring (bicyclic) bond motifs is 3. The maximum absolute atomic E-state index is 3.72. The Kier molecular flexibility index (Phi) is 8.10. The van der Waals surface area contributed by atoms with Gasteiger partial charge in [-0.2, -0.15) is 0 Å². The Morgan fingerprint density at radius 3 is 2.05 bits per heavy atom. The van der Waals surface area contributed by atoms with Crippen molar-refractivity contribution in [3.8, 4) is 11.1 Å². The quantitative estimate of drug-likeness (QED) is 0.130. The van der Waals surface area contributed by atoms with Gasteiger partial charge in [-0.15, -0.1) is 23.1 Å². The van der Waals surface area contributed by atoms with Crippen molar-refractivity contribution in [1.29, 1.82) is 0 Å². The van der Waals surface area contributed by atoms with E-state index in [0.717, 1.165) is 29.2 Å². The van der Waals surface area contributed by atoms with E-state index in [9.17, 15) is 0 Å². The van der Waals surface area contributed by atoms with Crippen LogP contribution in [0.5, 0.6) is 0 Å². The third-order valence-corrected chi connectivity index (χ3v) is 10.2. The molecule has 0 spiro atoms. The molecule has 7 rings (SSSR count). The molecule has 1 N–H and O–H groups in total. The molecule has 0 saturated heterocycles. The van der Waals surface area contributed by atoms with Crippen molar-refractivity contribution in [2.75, 3.05) is 10.2 Å². The van der Waals surface area contributed by atoms with Gasteiger partial charge >= 0.3 is 0 Å². The van der Waals surface area contributed by atoms with Gasteiger partial charge < -0.3 is 10.2 Å². The van der Waals surface area contributed by atoms with Gasteiger partial charge in [-0.3, -0.25) is 0 Å². The van der Waals surface area contributed by atoms with Gasteiger partial charge in [0.1, 0.15) is 0 Å². The molecule has 0 saturated carbocycles. The van der Waals surface area contributed by atoms with E-state index in [-0.39, 0.29) is 5.37 Å². The topological polar surface area (TPSA) is 15.3 Å². The molecule has 1 unspecified atom stereocenters. The number of para-hydroxylation sites is 2. The molecule has 2 nitrogen and oxygen atoms in total. The van der Waals surface area contributed by atoms with Crippen LogP contribution in [0, 0.1) is 0 Å². The van der Waals surface area contributed by atoms with E-state index < -0.39 is 0 Å². The fourth-order valence-electron chi connectivity index (χ4n) is 5.84. The smallest absolute Gasteiger partial charge is 0.0740 e. The van der Waals surface area contributed by atoms with Gasteiger partial charge in [-0.05, 0) is 96.8 Å². The highest BCUT2D eigenvalue weighted by atomic mass is 32.2. The van der Waals surface area contributed by atoms with Crippen LogP contribution in [-0.4, -0.2) is 5.37 Å². The molecular formula is C40H34N2S2. The average molecular weight is 607 g/mol. The highest BCUT2D eigenvalue weighted by Gasteiger charge is 2.14. The summed E-state index contributed by atoms with van der Waals surface area (Å²) in [4.78, 5) is 3.67. The first-order valence-corrected chi connectivity index (χ1v) is 16.8. The van der Waals surface area contributed by atoms with Crippen LogP contribution in [0.25, 0.3) is 31.3 Å². The minimum absolute atomic E-state index is 0.264. The van der Waals surface area contributed by atoms with Crippen LogP contribution < -0.4 is 10.2 Å². The molecule has 44 heavy (non-hydrogen) atoms. The average Bonchev–Trinajstić information content (AvgIpc) is 3.43. The van der Waals surface area contributed by atoms with Gasteiger partial charge in [0.15, 0.2) is 0 Å². The number of aryl methyl sites for hydroxylation is 1. The van der Waals surface area contributed by atoms with E-state index in [0.29, 0.717) is 0 Å². The zero-order chi connectivity index (χ0) is 29.9. The van der Waals surface area contributed by atoms with Crippen molar-refractivity contribution in [2.24, 2.45) is 0 Å². The molecule has 1 heterocycles. The second-order valence-electron chi connectivity index (χ2n) is 10.9. The Balaban J connectivity index is 1.18. The molecule has 0 radical (unpaired) electrons. The normalized spacial score (nSPS) is 12.0. The maximum atomic E-state index is 3.72. The molecule has 4 heteroatoms. The molecule has 0 aliphatic rings. The van der Waals surface area contributed by atoms with Gasteiger partial charge in [0.25, 0.3) is 0 Å². The van der Waals surface area contributed by atoms with Crippen molar-refractivity contribution >= 4 is 66.0 Å². The SMILES string of the molecule is CCc1ccccc1SC(C)Nc1ccc2c(c1)sc1ccc(-c3cccc(N(c4ccccc4)c4ccccc4)c3)cc12. The summed E-state index contributed by atoms with van der Waals surface area (Å²) in [5.41, 5.74) is 8.41. The number of hydrogen-bond acceptors (Lipinski definition) is 4. The lowest BCUT2D eigenvalue weighted by Gasteiger charge is -2.25. The summed E-state index contributed by atoms with van der Waals surface area (Å²) in [6.07, 6.45) is 1.05. The minimum atomic E-state index is 0.264. The van der Waals surface area contributed by atoms with Crippen molar-refractivity contribution < 1.29 is 0 Å². The van der Waals surface area contributed by atoms with Crippen molar-refractivity contribution in [3.05, 3.63) is 151 Å². The van der Waals surface area contributed by atoms with Gasteiger partial charge in [-0.1, -0.05) is 85.8 Å². The van der Waals surface area contributed by atoms with E-state index in [4.69, 9.17) is 0 Å². The first-order chi connectivity index (χ1) is 21.7. The Bertz CT molecular complexity index is 1990. The second-order valence-corrected chi connectivity index (χ2v) is 13.4. The number of thiophene rings is 1. The van der Waals surface area contributed by atoms with E-state index in [1.807, 2.05) is 23.1 Å². The highest BCUT2D eigenvalue weighted by molar-refractivity contribution is 8.00. The van der Waals surface area contributed by atoms with Crippen molar-refractivity contribution in [1.82, 2.24) is 0 Å². The molecular weight excluding hydrogens is 573 g/mol. The number of nitrogens with zero attached hydrogens (tertiary/aromatic N) is 1. The van der Waals surface area contributed by atoms with E-state index in [2.05, 4.69) is 170 Å². The van der Waals surface area contributed by atoms with Crippen LogP contribution in [-0.2, 0) is 6.42 Å². The van der Waals surface area contributed by atoms with Crippen molar-refractivity contribution in [2.45, 2.75) is 30.5 Å². The van der Waals surface area contributed by atoms with E-state index in [1.165, 1.54) is 41.8 Å². The Hall–Kier alpha value is -4.51. The lowest BCUT2D eigenvalue weighted by atomic mass is 10.0. The molecule has 0 amide bonds. The standard InChI is InChI=1S/C40H34N2S2/c1-3-29-13-10-11-20-38(29)43-28(2)41-32-22-23-36-37-26-31(21-24-39(37)44-40(36)27-32)30-14-12-19-35(25-30)42(33-15-6-4-7-16-33)34-17-8-5-9-18-34/h4-28,41H,3H2,1-2H3. The summed E-state index contributed by atoms with van der Waals surface area (Å²) in [5.74, 6) is 0. The molecule has 0 bridgehead atoms. The first kappa shape index (κ1) is 28.3. The minimum Gasteiger partial charge on any atom is -0.373 e. The summed E-state index contributed by atoms with van der Waals surface area (Å²) in [6, 6.07) is 52.4. The molecule has 1 aromatic heterocycles. The Labute approximate surface area is 268 Å². The van der Waals surface area contributed by atoms with Gasteiger partial charge in [0, 0.05) is 47.8 Å². The number of nitrogens with one attached hydrogen (secondary N) is 1. The third-order valence-electron chi connectivity index (χ3n) is 7.96. The lowest BCUT2D eigenvalue weighted by molar-refractivity contribution is 1.07. The Morgan fingerprint density at radius 1 is 0.614 bits per heavy atom. The fraction of sp³-hybridized carbons (Fsp3) is 0.100. The summed E-state index contributed by atoms with van der Waals surface area (Å²) in [7, 11) is 0. The number of thioether (sulfide) groups is 1. The zero-order valence-electron chi connectivity index (χ0n) is 24.9. The van der Waals surface area contributed by atoms with Gasteiger partial charge in [0.05, 0.1) is 5.37 Å². The van der Waals surface area contributed by atoms with E-state index in [1.54, 1.807) is 0 Å². The van der Waals surface area contributed by atoms with Crippen LogP contribution in [0.15, 0.2) is 150 Å². The largest absolute Gasteiger partial charge is 0.373 e. The van der Waals surface area contributed by atoms with Gasteiger partial charge in [-0.25, -0.2) is 0 Å². The monoisotopic (exact) mass is 606 g/mol. The van der Waals surface area contributed by atoms with Crippen LogP contribution in [0.3, 0.4) is 0 Å². The van der Waals surface area contributed by atoms with Gasteiger partial charge in [0.2, 0.25) is 0 Å². The molecule has 6 aromatic carbocycles. The summed E-state index contributed by atoms with van der Waals surface area (Å²) >= 11 is 3.75. The lowest BCUT2D eigenvalue weighted by Crippen LogP contribution is -2.10. The third kappa shape index (κ3) is 5.84. The second kappa shape index (κ2) is 12.6. The highest BCUT2D eigenvalue weighted by Crippen LogP contribution is 2.40. The molecule has 1 atom stereocenters. The fourth-order valence-corrected chi connectivity index (χ4v) is 8.06. The van der Waals surface area contributed by atoms with Crippen LogP contribution in [0.4, 0.5) is 22.7 Å².